The van der Waals surface area contributed by atoms with Crippen LogP contribution >= 0.6 is 11.8 Å². The molecule has 1 unspecified atom stereocenters. The topological polar surface area (TPSA) is 72.3 Å². The molecule has 0 aromatic carbocycles. The number of rotatable bonds is 10. The van der Waals surface area contributed by atoms with Gasteiger partial charge in [0.1, 0.15) is 12.6 Å². The van der Waals surface area contributed by atoms with E-state index in [4.69, 9.17) is 9.73 Å². The number of esters is 1. The number of ether oxygens (including phenoxy) is 2. The van der Waals surface area contributed by atoms with E-state index in [1.54, 1.807) is 18.7 Å². The first-order chi connectivity index (χ1) is 14.3. The smallest absolute Gasteiger partial charge is 0.327 e. The summed E-state index contributed by atoms with van der Waals surface area (Å²) in [6.07, 6.45) is 8.17. The van der Waals surface area contributed by atoms with Gasteiger partial charge in [-0.25, -0.2) is 4.99 Å². The third kappa shape index (κ3) is 7.67. The van der Waals surface area contributed by atoms with E-state index in [1.807, 2.05) is 0 Å². The van der Waals surface area contributed by atoms with Gasteiger partial charge in [0.05, 0.1) is 24.0 Å². The Morgan fingerprint density at radius 2 is 2.17 bits per heavy atom. The van der Waals surface area contributed by atoms with Crippen molar-refractivity contribution < 1.29 is 14.3 Å². The fourth-order valence-electron chi connectivity index (χ4n) is 3.40. The molecule has 2 atom stereocenters. The molecule has 1 heterocycles. The van der Waals surface area contributed by atoms with Crippen molar-refractivity contribution in [2.24, 2.45) is 15.9 Å². The lowest BCUT2D eigenvalue weighted by Gasteiger charge is -2.25. The van der Waals surface area contributed by atoms with E-state index in [1.165, 1.54) is 38.4 Å². The normalized spacial score (nSPS) is 20.3. The fourth-order valence-corrected chi connectivity index (χ4v) is 4.66. The average molecular weight is 434 g/mol. The summed E-state index contributed by atoms with van der Waals surface area (Å²) in [6, 6.07) is -0.160. The van der Waals surface area contributed by atoms with Gasteiger partial charge in [-0.1, -0.05) is 38.7 Å². The van der Waals surface area contributed by atoms with Crippen molar-refractivity contribution in [2.75, 3.05) is 19.4 Å². The van der Waals surface area contributed by atoms with Crippen molar-refractivity contribution in [2.45, 2.75) is 65.0 Å². The number of nitrogens with zero attached hydrogens (tertiary/aromatic N) is 2. The molecule has 0 spiro atoms. The van der Waals surface area contributed by atoms with Crippen molar-refractivity contribution >= 4 is 28.7 Å². The Hall–Kier alpha value is -2.02. The lowest BCUT2D eigenvalue weighted by atomic mass is 9.96. The minimum absolute atomic E-state index is 0.0865. The summed E-state index contributed by atoms with van der Waals surface area (Å²) in [5, 5.41) is 4.62. The average Bonchev–Trinajstić information content (AvgIpc) is 3.19. The lowest BCUT2D eigenvalue weighted by Crippen LogP contribution is -2.38. The molecule has 166 valence electrons. The molecule has 0 aromatic rings. The maximum absolute atomic E-state index is 11.5. The van der Waals surface area contributed by atoms with Crippen molar-refractivity contribution in [1.29, 1.82) is 0 Å². The molecule has 6 nitrogen and oxygen atoms in total. The largest absolute Gasteiger partial charge is 0.468 e. The predicted molar refractivity (Wildman–Crippen MR) is 126 cm³/mol. The Balaban J connectivity index is 2.09. The van der Waals surface area contributed by atoms with Gasteiger partial charge in [0.15, 0.2) is 0 Å². The number of nitrogens with one attached hydrogen (secondary N) is 1. The van der Waals surface area contributed by atoms with Gasteiger partial charge in [0, 0.05) is 17.9 Å². The third-order valence-electron chi connectivity index (χ3n) is 4.95. The molecule has 2 aliphatic rings. The molecule has 0 bridgehead atoms. The summed E-state index contributed by atoms with van der Waals surface area (Å²) < 4.78 is 10.4. The molecule has 1 aliphatic carbocycles. The summed E-state index contributed by atoms with van der Waals surface area (Å²) >= 11 is 1.70. The molecule has 2 rings (SSSR count). The standard InChI is InChI=1S/C23H35N3O3S/c1-15(2)21(25-17(5)12-18-10-8-7-9-11-18)23-26-19(14-30-23)22(29-16(3)4)24-13-20(27)28-6/h10,15,19,21,25H,3,5,7-9,11-14H2,1-2,4,6H3/t19?,21-/m0/s1. The number of hydrogen-bond acceptors (Lipinski definition) is 7. The van der Waals surface area contributed by atoms with Crippen LogP contribution in [0.5, 0.6) is 0 Å². The highest BCUT2D eigenvalue weighted by molar-refractivity contribution is 8.14. The molecule has 30 heavy (non-hydrogen) atoms. The molecular formula is C23H35N3O3S. The number of thioether (sulfide) groups is 1. The van der Waals surface area contributed by atoms with Gasteiger partial charge in [-0.2, -0.15) is 0 Å². The van der Waals surface area contributed by atoms with Crippen molar-refractivity contribution in [3.05, 3.63) is 36.3 Å². The number of hydrogen-bond donors (Lipinski definition) is 1. The highest BCUT2D eigenvalue weighted by Gasteiger charge is 2.31. The summed E-state index contributed by atoms with van der Waals surface area (Å²) in [7, 11) is 1.34. The quantitative estimate of drug-likeness (QED) is 0.179. The van der Waals surface area contributed by atoms with Crippen LogP contribution in [-0.4, -0.2) is 48.4 Å². The molecule has 1 aliphatic heterocycles. The summed E-state index contributed by atoms with van der Waals surface area (Å²) in [5.41, 5.74) is 2.51. The summed E-state index contributed by atoms with van der Waals surface area (Å²) in [4.78, 5) is 20.7. The first kappa shape index (κ1) is 24.3. The predicted octanol–water partition coefficient (Wildman–Crippen LogP) is 4.64. The molecule has 0 saturated heterocycles. The number of methoxy groups -OCH3 is 1. The lowest BCUT2D eigenvalue weighted by molar-refractivity contribution is -0.138. The van der Waals surface area contributed by atoms with Crippen LogP contribution in [-0.2, 0) is 14.3 Å². The van der Waals surface area contributed by atoms with E-state index in [9.17, 15) is 4.79 Å². The molecule has 0 aromatic heterocycles. The van der Waals surface area contributed by atoms with Gasteiger partial charge >= 0.3 is 5.97 Å². The Labute approximate surface area is 185 Å². The van der Waals surface area contributed by atoms with Crippen LogP contribution in [0.3, 0.4) is 0 Å². The van der Waals surface area contributed by atoms with Crippen LogP contribution in [0.15, 0.2) is 46.2 Å². The minimum Gasteiger partial charge on any atom is -0.468 e. The van der Waals surface area contributed by atoms with E-state index in [-0.39, 0.29) is 18.6 Å². The fraction of sp³-hybridized carbons (Fsp3) is 0.609. The SMILES string of the molecule is C=C(CC1=CCCCC1)N[C@H](C1=NC(C(=NCC(=O)OC)OC(=C)C)CS1)C(C)C. The van der Waals surface area contributed by atoms with Crippen LogP contribution in [0.2, 0.25) is 0 Å². The minimum atomic E-state index is -0.414. The van der Waals surface area contributed by atoms with E-state index >= 15 is 0 Å². The maximum Gasteiger partial charge on any atom is 0.327 e. The highest BCUT2D eigenvalue weighted by Crippen LogP contribution is 2.27. The third-order valence-corrected chi connectivity index (χ3v) is 6.08. The number of carbonyl (C=O) groups is 1. The maximum atomic E-state index is 11.5. The Morgan fingerprint density at radius 1 is 1.40 bits per heavy atom. The van der Waals surface area contributed by atoms with Crippen LogP contribution in [0.25, 0.3) is 0 Å². The second kappa shape index (κ2) is 12.0. The first-order valence-corrected chi connectivity index (χ1v) is 11.6. The Kier molecular flexibility index (Phi) is 9.69. The zero-order valence-corrected chi connectivity index (χ0v) is 19.5. The second-order valence-electron chi connectivity index (χ2n) is 8.08. The van der Waals surface area contributed by atoms with Crippen molar-refractivity contribution in [3.63, 3.8) is 0 Å². The number of carbonyl (C=O) groups excluding carboxylic acids is 1. The summed E-state index contributed by atoms with van der Waals surface area (Å²) in [5.74, 6) is 1.57. The number of aliphatic imine (C=N–C) groups is 2. The van der Waals surface area contributed by atoms with Gasteiger partial charge in [-0.05, 0) is 38.5 Å². The van der Waals surface area contributed by atoms with Crippen LogP contribution < -0.4 is 5.32 Å². The molecule has 7 heteroatoms. The zero-order valence-electron chi connectivity index (χ0n) is 18.7. The first-order valence-electron chi connectivity index (χ1n) is 10.6. The monoisotopic (exact) mass is 433 g/mol. The molecule has 0 fully saturated rings. The van der Waals surface area contributed by atoms with Crippen molar-refractivity contribution in [1.82, 2.24) is 5.32 Å². The molecule has 1 N–H and O–H groups in total. The van der Waals surface area contributed by atoms with Crippen LogP contribution in [0.4, 0.5) is 0 Å². The van der Waals surface area contributed by atoms with Crippen LogP contribution in [0.1, 0.15) is 52.9 Å². The molecule has 0 saturated carbocycles. The van der Waals surface area contributed by atoms with E-state index in [2.05, 4.69) is 48.1 Å². The van der Waals surface area contributed by atoms with E-state index < -0.39 is 5.97 Å². The molecule has 0 amide bonds. The van der Waals surface area contributed by atoms with Crippen molar-refractivity contribution in [3.8, 4) is 0 Å². The van der Waals surface area contributed by atoms with Gasteiger partial charge < -0.3 is 14.8 Å². The van der Waals surface area contributed by atoms with Gasteiger partial charge in [0.2, 0.25) is 5.90 Å². The highest BCUT2D eigenvalue weighted by atomic mass is 32.2. The van der Waals surface area contributed by atoms with Gasteiger partial charge in [-0.15, -0.1) is 11.8 Å². The summed E-state index contributed by atoms with van der Waals surface area (Å²) in [6.45, 7) is 14.1. The van der Waals surface area contributed by atoms with Gasteiger partial charge in [0.25, 0.3) is 0 Å². The number of allylic oxidation sites excluding steroid dienone is 3. The molecule has 0 radical (unpaired) electrons. The van der Waals surface area contributed by atoms with E-state index in [0.717, 1.165) is 17.2 Å². The second-order valence-corrected chi connectivity index (χ2v) is 9.12. The Bertz CT molecular complexity index is 740. The Morgan fingerprint density at radius 3 is 2.77 bits per heavy atom. The van der Waals surface area contributed by atoms with E-state index in [0.29, 0.717) is 23.3 Å². The van der Waals surface area contributed by atoms with Gasteiger partial charge in [-0.3, -0.25) is 9.79 Å². The zero-order chi connectivity index (χ0) is 22.1. The molecular weight excluding hydrogens is 398 g/mol. The van der Waals surface area contributed by atoms with Crippen LogP contribution in [0, 0.1) is 5.92 Å².